The summed E-state index contributed by atoms with van der Waals surface area (Å²) in [5.74, 6) is 0.261. The van der Waals surface area contributed by atoms with Crippen molar-refractivity contribution < 1.29 is 13.2 Å². The number of nitrogens with one attached hydrogen (secondary N) is 1. The van der Waals surface area contributed by atoms with Gasteiger partial charge in [0.15, 0.2) is 0 Å². The van der Waals surface area contributed by atoms with Crippen molar-refractivity contribution in [3.63, 3.8) is 0 Å². The van der Waals surface area contributed by atoms with E-state index in [1.54, 1.807) is 18.2 Å². The van der Waals surface area contributed by atoms with E-state index in [4.69, 9.17) is 0 Å². The molecule has 2 aromatic carbocycles. The van der Waals surface area contributed by atoms with Gasteiger partial charge in [0.25, 0.3) is 5.91 Å². The Labute approximate surface area is 173 Å². The van der Waals surface area contributed by atoms with Crippen LogP contribution >= 0.6 is 0 Å². The first-order valence-corrected chi connectivity index (χ1v) is 11.4. The third-order valence-electron chi connectivity index (χ3n) is 5.38. The molecule has 29 heavy (non-hydrogen) atoms. The van der Waals surface area contributed by atoms with Crippen LogP contribution in [0, 0.1) is 5.92 Å². The van der Waals surface area contributed by atoms with Crippen LogP contribution in [0.25, 0.3) is 0 Å². The van der Waals surface area contributed by atoms with Crippen LogP contribution in [0.4, 0.5) is 5.69 Å². The lowest BCUT2D eigenvalue weighted by molar-refractivity contribution is 0.0950. The Bertz CT molecular complexity index is 948. The molecule has 0 radical (unpaired) electrons. The normalized spacial score (nSPS) is 15.8. The number of piperidine rings is 1. The molecular formula is C22H29N3O3S. The number of amides is 1. The van der Waals surface area contributed by atoms with E-state index in [1.165, 1.54) is 10.4 Å². The fourth-order valence-corrected chi connectivity index (χ4v) is 4.88. The number of carbonyl (C=O) groups is 1. The van der Waals surface area contributed by atoms with Crippen molar-refractivity contribution in [1.29, 1.82) is 0 Å². The molecule has 0 aromatic heterocycles. The second-order valence-corrected chi connectivity index (χ2v) is 9.80. The Morgan fingerprint density at radius 1 is 1.10 bits per heavy atom. The van der Waals surface area contributed by atoms with Crippen molar-refractivity contribution >= 4 is 21.6 Å². The van der Waals surface area contributed by atoms with Crippen molar-refractivity contribution in [3.8, 4) is 0 Å². The van der Waals surface area contributed by atoms with Crippen LogP contribution < -0.4 is 10.2 Å². The molecule has 3 rings (SSSR count). The molecule has 0 unspecified atom stereocenters. The number of anilines is 1. The number of hydrogen-bond acceptors (Lipinski definition) is 4. The van der Waals surface area contributed by atoms with Crippen molar-refractivity contribution in [1.82, 2.24) is 9.62 Å². The maximum absolute atomic E-state index is 12.9. The van der Waals surface area contributed by atoms with Gasteiger partial charge in [-0.15, -0.1) is 0 Å². The minimum Gasteiger partial charge on any atom is -0.378 e. The fourth-order valence-electron chi connectivity index (χ4n) is 3.37. The smallest absolute Gasteiger partial charge is 0.251 e. The summed E-state index contributed by atoms with van der Waals surface area (Å²) in [6.07, 6.45) is 1.73. The average Bonchev–Trinajstić information content (AvgIpc) is 2.72. The Balaban J connectivity index is 1.67. The van der Waals surface area contributed by atoms with Crippen LogP contribution in [0.3, 0.4) is 0 Å². The first kappa shape index (κ1) is 21.3. The quantitative estimate of drug-likeness (QED) is 0.787. The van der Waals surface area contributed by atoms with Crippen LogP contribution in [0.2, 0.25) is 0 Å². The third-order valence-corrected chi connectivity index (χ3v) is 7.28. The second-order valence-electron chi connectivity index (χ2n) is 7.86. The molecule has 1 amide bonds. The van der Waals surface area contributed by atoms with E-state index in [2.05, 4.69) is 12.2 Å². The zero-order valence-corrected chi connectivity index (χ0v) is 18.1. The van der Waals surface area contributed by atoms with E-state index in [1.807, 2.05) is 43.3 Å². The van der Waals surface area contributed by atoms with Crippen molar-refractivity contribution in [3.05, 3.63) is 59.7 Å². The lowest BCUT2D eigenvalue weighted by atomic mass is 10.0. The summed E-state index contributed by atoms with van der Waals surface area (Å²) >= 11 is 0. The third kappa shape index (κ3) is 5.16. The van der Waals surface area contributed by atoms with Gasteiger partial charge in [-0.3, -0.25) is 4.79 Å². The lowest BCUT2D eigenvalue weighted by Gasteiger charge is -2.29. The lowest BCUT2D eigenvalue weighted by Crippen LogP contribution is -2.38. The molecule has 1 fully saturated rings. The highest BCUT2D eigenvalue weighted by Crippen LogP contribution is 2.24. The predicted molar refractivity (Wildman–Crippen MR) is 116 cm³/mol. The van der Waals surface area contributed by atoms with Crippen LogP contribution in [0.1, 0.15) is 35.7 Å². The highest BCUT2D eigenvalue weighted by molar-refractivity contribution is 7.89. The minimum atomic E-state index is -3.57. The maximum atomic E-state index is 12.9. The van der Waals surface area contributed by atoms with Crippen LogP contribution in [-0.4, -0.2) is 45.8 Å². The molecule has 1 aliphatic heterocycles. The fraction of sp³-hybridized carbons (Fsp3) is 0.409. The highest BCUT2D eigenvalue weighted by atomic mass is 32.2. The summed E-state index contributed by atoms with van der Waals surface area (Å²) < 4.78 is 27.4. The van der Waals surface area contributed by atoms with Gasteiger partial charge in [0.2, 0.25) is 10.0 Å². The molecule has 0 aliphatic carbocycles. The largest absolute Gasteiger partial charge is 0.378 e. The first-order valence-electron chi connectivity index (χ1n) is 9.92. The molecule has 1 aliphatic rings. The second kappa shape index (κ2) is 8.97. The number of rotatable bonds is 6. The molecule has 0 spiro atoms. The van der Waals surface area contributed by atoms with Gasteiger partial charge in [0.05, 0.1) is 4.90 Å². The Morgan fingerprint density at radius 2 is 1.76 bits per heavy atom. The minimum absolute atomic E-state index is 0.176. The topological polar surface area (TPSA) is 69.7 Å². The number of sulfonamides is 1. The monoisotopic (exact) mass is 415 g/mol. The van der Waals surface area contributed by atoms with Gasteiger partial charge >= 0.3 is 0 Å². The summed E-state index contributed by atoms with van der Waals surface area (Å²) in [7, 11) is 0.376. The molecule has 1 saturated heterocycles. The SMILES string of the molecule is CC1CCN(S(=O)(=O)c2cccc(C(=O)NCc3ccc(N(C)C)cc3)c2)CC1. The summed E-state index contributed by atoms with van der Waals surface area (Å²) in [6.45, 7) is 3.59. The van der Waals surface area contributed by atoms with Crippen molar-refractivity contribution in [2.24, 2.45) is 5.92 Å². The van der Waals surface area contributed by atoms with E-state index in [-0.39, 0.29) is 10.8 Å². The zero-order chi connectivity index (χ0) is 21.0. The van der Waals surface area contributed by atoms with Crippen LogP contribution in [0.15, 0.2) is 53.4 Å². The molecule has 1 N–H and O–H groups in total. The Kier molecular flexibility index (Phi) is 6.59. The van der Waals surface area contributed by atoms with Crippen LogP contribution in [-0.2, 0) is 16.6 Å². The van der Waals surface area contributed by atoms with Gasteiger partial charge in [-0.25, -0.2) is 8.42 Å². The highest BCUT2D eigenvalue weighted by Gasteiger charge is 2.28. The van der Waals surface area contributed by atoms with E-state index in [9.17, 15) is 13.2 Å². The first-order chi connectivity index (χ1) is 13.8. The molecule has 6 nitrogen and oxygen atoms in total. The number of nitrogens with zero attached hydrogens (tertiary/aromatic N) is 2. The van der Waals surface area contributed by atoms with Crippen molar-refractivity contribution in [2.75, 3.05) is 32.1 Å². The number of carbonyl (C=O) groups excluding carboxylic acids is 1. The zero-order valence-electron chi connectivity index (χ0n) is 17.3. The Hall–Kier alpha value is -2.38. The van der Waals surface area contributed by atoms with E-state index in [0.29, 0.717) is 31.1 Å². The maximum Gasteiger partial charge on any atom is 0.251 e. The van der Waals surface area contributed by atoms with Gasteiger partial charge < -0.3 is 10.2 Å². The van der Waals surface area contributed by atoms with E-state index in [0.717, 1.165) is 24.1 Å². The Morgan fingerprint density at radius 3 is 2.38 bits per heavy atom. The van der Waals surface area contributed by atoms with E-state index < -0.39 is 10.0 Å². The molecular weight excluding hydrogens is 386 g/mol. The summed E-state index contributed by atoms with van der Waals surface area (Å²) in [5.41, 5.74) is 2.42. The average molecular weight is 416 g/mol. The van der Waals surface area contributed by atoms with Crippen molar-refractivity contribution in [2.45, 2.75) is 31.2 Å². The molecule has 0 saturated carbocycles. The summed E-state index contributed by atoms with van der Waals surface area (Å²) in [6, 6.07) is 14.2. The summed E-state index contributed by atoms with van der Waals surface area (Å²) in [4.78, 5) is 14.8. The molecule has 0 atom stereocenters. The van der Waals surface area contributed by atoms with Crippen LogP contribution in [0.5, 0.6) is 0 Å². The molecule has 1 heterocycles. The van der Waals surface area contributed by atoms with Gasteiger partial charge in [-0.2, -0.15) is 4.31 Å². The molecule has 156 valence electrons. The molecule has 0 bridgehead atoms. The predicted octanol–water partition coefficient (Wildman–Crippen LogP) is 3.10. The standard InChI is InChI=1S/C22H29N3O3S/c1-17-11-13-25(14-12-17)29(27,28)21-6-4-5-19(15-21)22(26)23-16-18-7-9-20(10-8-18)24(2)3/h4-10,15,17H,11-14,16H2,1-3H3,(H,23,26). The van der Waals surface area contributed by atoms with Gasteiger partial charge in [0.1, 0.15) is 0 Å². The van der Waals surface area contributed by atoms with Gasteiger partial charge in [-0.1, -0.05) is 25.1 Å². The number of benzene rings is 2. The number of hydrogen-bond donors (Lipinski definition) is 1. The van der Waals surface area contributed by atoms with Gasteiger partial charge in [-0.05, 0) is 54.7 Å². The molecule has 2 aromatic rings. The van der Waals surface area contributed by atoms with Gasteiger partial charge in [0, 0.05) is 45.0 Å². The molecule has 7 heteroatoms. The summed E-state index contributed by atoms with van der Waals surface area (Å²) in [5, 5.41) is 2.87. The van der Waals surface area contributed by atoms with E-state index >= 15 is 0 Å².